The first-order chi connectivity index (χ1) is 10.9. The minimum atomic E-state index is -0.806. The molecule has 0 saturated carbocycles. The quantitative estimate of drug-likeness (QED) is 0.740. The van der Waals surface area contributed by atoms with Gasteiger partial charge in [0.25, 0.3) is 6.01 Å². The Hall–Kier alpha value is -2.01. The Morgan fingerprint density at radius 2 is 2.13 bits per heavy atom. The number of hydrogen-bond donors (Lipinski definition) is 2. The van der Waals surface area contributed by atoms with Crippen molar-refractivity contribution in [2.45, 2.75) is 44.2 Å². The molecular weight excluding hydrogens is 308 g/mol. The van der Waals surface area contributed by atoms with Crippen LogP contribution < -0.4 is 11.4 Å². The van der Waals surface area contributed by atoms with Gasteiger partial charge in [-0.25, -0.2) is 9.48 Å². The summed E-state index contributed by atoms with van der Waals surface area (Å²) in [6.45, 7) is 3.33. The van der Waals surface area contributed by atoms with Crippen molar-refractivity contribution in [2.75, 3.05) is 12.3 Å². The summed E-state index contributed by atoms with van der Waals surface area (Å²) in [6.07, 6.45) is -0.884. The van der Waals surface area contributed by atoms with E-state index in [9.17, 15) is 9.90 Å². The van der Waals surface area contributed by atoms with Crippen molar-refractivity contribution in [1.29, 1.82) is 0 Å². The maximum atomic E-state index is 11.8. The van der Waals surface area contributed by atoms with E-state index in [2.05, 4.69) is 10.1 Å². The number of ether oxygens (including phenoxy) is 3. The summed E-state index contributed by atoms with van der Waals surface area (Å²) >= 11 is 0. The van der Waals surface area contributed by atoms with Crippen molar-refractivity contribution in [2.24, 2.45) is 0 Å². The molecule has 10 heteroatoms. The largest absolute Gasteiger partial charge is 0.394 e. The predicted octanol–water partition coefficient (Wildman–Crippen LogP) is -0.623. The summed E-state index contributed by atoms with van der Waals surface area (Å²) in [5, 5.41) is 13.8. The van der Waals surface area contributed by atoms with Gasteiger partial charge in [0.05, 0.1) is 12.8 Å². The lowest BCUT2D eigenvalue weighted by molar-refractivity contribution is -0.201. The molecule has 2 aliphatic heterocycles. The molecule has 4 heterocycles. The lowest BCUT2D eigenvalue weighted by atomic mass is 10.1. The molecule has 2 aromatic heterocycles. The third-order valence-corrected chi connectivity index (χ3v) is 3.95. The second-order valence-electron chi connectivity index (χ2n) is 5.98. The van der Waals surface area contributed by atoms with Crippen molar-refractivity contribution in [1.82, 2.24) is 14.8 Å². The zero-order chi connectivity index (χ0) is 16.4. The van der Waals surface area contributed by atoms with Gasteiger partial charge < -0.3 is 29.5 Å². The van der Waals surface area contributed by atoms with Gasteiger partial charge in [-0.05, 0) is 13.8 Å². The molecule has 124 valence electrons. The van der Waals surface area contributed by atoms with E-state index >= 15 is 0 Å². The van der Waals surface area contributed by atoms with Gasteiger partial charge in [0.2, 0.25) is 0 Å². The van der Waals surface area contributed by atoms with Crippen LogP contribution in [0.4, 0.5) is 6.01 Å². The van der Waals surface area contributed by atoms with Crippen molar-refractivity contribution < 1.29 is 23.7 Å². The second-order valence-corrected chi connectivity index (χ2v) is 5.98. The summed E-state index contributed by atoms with van der Waals surface area (Å²) in [6, 6.07) is -0.263. The topological polar surface area (TPSA) is 135 Å². The first kappa shape index (κ1) is 14.6. The molecule has 0 amide bonds. The number of nitrogen functional groups attached to an aromatic ring is 1. The van der Waals surface area contributed by atoms with E-state index in [0.29, 0.717) is 0 Å². The molecule has 3 N–H and O–H groups in total. The Kier molecular flexibility index (Phi) is 3.00. The van der Waals surface area contributed by atoms with Crippen molar-refractivity contribution in [3.8, 4) is 0 Å². The van der Waals surface area contributed by atoms with Crippen LogP contribution in [0.3, 0.4) is 0 Å². The Balaban J connectivity index is 1.80. The molecule has 10 nitrogen and oxygen atoms in total. The number of aliphatic hydroxyl groups is 1. The van der Waals surface area contributed by atoms with Gasteiger partial charge in [-0.2, -0.15) is 10.1 Å². The van der Waals surface area contributed by atoms with Crippen LogP contribution >= 0.6 is 0 Å². The van der Waals surface area contributed by atoms with Crippen molar-refractivity contribution in [3.05, 3.63) is 16.6 Å². The van der Waals surface area contributed by atoms with E-state index in [-0.39, 0.29) is 23.7 Å². The SMILES string of the molecule is CC1(C)O[C@@H]2[C@H](O1)[C@@H](CO)O[C@H]2n1ncc2c(=O)oc(N)nc21. The number of nitrogens with two attached hydrogens (primary N) is 1. The maximum Gasteiger partial charge on any atom is 0.351 e. The zero-order valence-electron chi connectivity index (χ0n) is 12.5. The summed E-state index contributed by atoms with van der Waals surface area (Å²) in [5.41, 5.74) is 5.10. The average Bonchev–Trinajstić information content (AvgIpc) is 3.09. The van der Waals surface area contributed by atoms with E-state index < -0.39 is 36.0 Å². The van der Waals surface area contributed by atoms with Crippen molar-refractivity contribution in [3.63, 3.8) is 0 Å². The summed E-state index contributed by atoms with van der Waals surface area (Å²) < 4.78 is 23.6. The predicted molar refractivity (Wildman–Crippen MR) is 75.3 cm³/mol. The third kappa shape index (κ3) is 2.14. The van der Waals surface area contributed by atoms with Crippen LogP contribution in [0.25, 0.3) is 11.0 Å². The highest BCUT2D eigenvalue weighted by Gasteiger charge is 2.56. The third-order valence-electron chi connectivity index (χ3n) is 3.95. The fraction of sp³-hybridized carbons (Fsp3) is 0.615. The van der Waals surface area contributed by atoms with E-state index in [1.54, 1.807) is 13.8 Å². The highest BCUT2D eigenvalue weighted by Crippen LogP contribution is 2.43. The summed E-state index contributed by atoms with van der Waals surface area (Å²) in [5.74, 6) is -0.806. The zero-order valence-corrected chi connectivity index (χ0v) is 12.5. The van der Waals surface area contributed by atoms with Crippen LogP contribution in [-0.4, -0.2) is 50.6 Å². The molecule has 0 bridgehead atoms. The highest BCUT2D eigenvalue weighted by atomic mass is 16.8. The Morgan fingerprint density at radius 1 is 1.39 bits per heavy atom. The summed E-state index contributed by atoms with van der Waals surface area (Å²) in [7, 11) is 0. The smallest absolute Gasteiger partial charge is 0.351 e. The number of hydrogen-bond acceptors (Lipinski definition) is 9. The van der Waals surface area contributed by atoms with Gasteiger partial charge in [0, 0.05) is 0 Å². The average molecular weight is 324 g/mol. The molecule has 2 fully saturated rings. The van der Waals surface area contributed by atoms with Crippen LogP contribution in [0.1, 0.15) is 20.1 Å². The molecule has 2 saturated heterocycles. The molecule has 23 heavy (non-hydrogen) atoms. The molecule has 0 unspecified atom stereocenters. The first-order valence-electron chi connectivity index (χ1n) is 7.15. The molecule has 0 aliphatic carbocycles. The number of aromatic nitrogens is 3. The van der Waals surface area contributed by atoms with E-state index in [1.165, 1.54) is 10.9 Å². The normalized spacial score (nSPS) is 32.5. The molecule has 0 spiro atoms. The van der Waals surface area contributed by atoms with Crippen LogP contribution in [0.2, 0.25) is 0 Å². The first-order valence-corrected chi connectivity index (χ1v) is 7.15. The van der Waals surface area contributed by atoms with Crippen LogP contribution in [0.5, 0.6) is 0 Å². The molecule has 4 atom stereocenters. The van der Waals surface area contributed by atoms with Gasteiger partial charge in [-0.3, -0.25) is 0 Å². The van der Waals surface area contributed by atoms with Crippen LogP contribution in [0, 0.1) is 0 Å². The van der Waals surface area contributed by atoms with Gasteiger partial charge in [0.15, 0.2) is 17.7 Å². The fourth-order valence-corrected chi connectivity index (χ4v) is 3.08. The Morgan fingerprint density at radius 3 is 2.87 bits per heavy atom. The molecule has 0 aromatic carbocycles. The number of nitrogens with zero attached hydrogens (tertiary/aromatic N) is 3. The standard InChI is InChI=1S/C13H16N4O6/c1-13(2)22-7-6(4-18)20-10(8(7)23-13)17-9-5(3-15-17)11(19)21-12(14)16-9/h3,6-8,10,18H,4H2,1-2H3,(H2,14,16)/t6-,7-,8-,10-/m1/s1. The Labute approximate surface area is 129 Å². The van der Waals surface area contributed by atoms with Gasteiger partial charge in [-0.15, -0.1) is 0 Å². The maximum absolute atomic E-state index is 11.8. The monoisotopic (exact) mass is 324 g/mol. The lowest BCUT2D eigenvalue weighted by Crippen LogP contribution is -2.31. The van der Waals surface area contributed by atoms with Crippen molar-refractivity contribution >= 4 is 17.0 Å². The molecule has 2 aliphatic rings. The number of rotatable bonds is 2. The minimum Gasteiger partial charge on any atom is -0.394 e. The fourth-order valence-electron chi connectivity index (χ4n) is 3.08. The van der Waals surface area contributed by atoms with Crippen LogP contribution in [0.15, 0.2) is 15.4 Å². The van der Waals surface area contributed by atoms with Gasteiger partial charge in [-0.1, -0.05) is 0 Å². The van der Waals surface area contributed by atoms with Crippen LogP contribution in [-0.2, 0) is 14.2 Å². The van der Waals surface area contributed by atoms with E-state index in [4.69, 9.17) is 24.4 Å². The van der Waals surface area contributed by atoms with E-state index in [1.807, 2.05) is 0 Å². The molecule has 2 aromatic rings. The van der Waals surface area contributed by atoms with Gasteiger partial charge in [0.1, 0.15) is 23.7 Å². The molecule has 4 rings (SSSR count). The minimum absolute atomic E-state index is 0.185. The lowest BCUT2D eigenvalue weighted by Gasteiger charge is -2.23. The highest BCUT2D eigenvalue weighted by molar-refractivity contribution is 5.73. The molecular formula is C13H16N4O6. The number of aliphatic hydroxyl groups excluding tert-OH is 1. The van der Waals surface area contributed by atoms with E-state index in [0.717, 1.165) is 0 Å². The second kappa shape index (κ2) is 4.74. The van der Waals surface area contributed by atoms with Gasteiger partial charge >= 0.3 is 5.63 Å². The summed E-state index contributed by atoms with van der Waals surface area (Å²) in [4.78, 5) is 15.8. The Bertz CT molecular complexity index is 814. The number of fused-ring (bicyclic) bond motifs is 2. The number of anilines is 1. The molecule has 0 radical (unpaired) electrons.